The molecule has 1 N–H and O–H groups in total. The summed E-state index contributed by atoms with van der Waals surface area (Å²) in [7, 11) is 1.81. The highest BCUT2D eigenvalue weighted by Gasteiger charge is 2.20. The lowest BCUT2D eigenvalue weighted by Gasteiger charge is -2.25. The Kier molecular flexibility index (Phi) is 4.91. The summed E-state index contributed by atoms with van der Waals surface area (Å²) in [6, 6.07) is 11.1. The molecule has 0 saturated heterocycles. The van der Waals surface area contributed by atoms with Crippen LogP contribution < -0.4 is 10.1 Å². The van der Waals surface area contributed by atoms with Crippen LogP contribution in [0.15, 0.2) is 42.5 Å². The zero-order valence-corrected chi connectivity index (χ0v) is 12.4. The third-order valence-electron chi connectivity index (χ3n) is 3.42. The van der Waals surface area contributed by atoms with Crippen molar-refractivity contribution in [3.05, 3.63) is 65.2 Å². The van der Waals surface area contributed by atoms with Crippen LogP contribution in [0.25, 0.3) is 0 Å². The summed E-state index contributed by atoms with van der Waals surface area (Å²) in [5, 5.41) is 3.15. The number of rotatable bonds is 5. The van der Waals surface area contributed by atoms with Gasteiger partial charge in [-0.3, -0.25) is 0 Å². The molecule has 0 aliphatic carbocycles. The highest BCUT2D eigenvalue weighted by molar-refractivity contribution is 5.27. The fraction of sp³-hybridized carbons (Fsp3) is 0.294. The Bertz CT molecular complexity index is 598. The average molecular weight is 291 g/mol. The number of likely N-dealkylation sites (N-methyl/N-ethyl adjacent to an activating group) is 1. The summed E-state index contributed by atoms with van der Waals surface area (Å²) in [6.45, 7) is 3.84. The predicted molar refractivity (Wildman–Crippen MR) is 79.4 cm³/mol. The van der Waals surface area contributed by atoms with Crippen LogP contribution in [0, 0.1) is 18.6 Å². The van der Waals surface area contributed by atoms with Gasteiger partial charge in [0.05, 0.1) is 6.04 Å². The molecule has 2 aromatic rings. The van der Waals surface area contributed by atoms with E-state index in [0.717, 1.165) is 23.8 Å². The molecule has 0 spiro atoms. The molecule has 2 nitrogen and oxygen atoms in total. The molecule has 2 rings (SSSR count). The quantitative estimate of drug-likeness (QED) is 0.899. The van der Waals surface area contributed by atoms with Crippen LogP contribution in [0.4, 0.5) is 8.78 Å². The molecule has 0 aliphatic rings. The molecule has 0 bridgehead atoms. The zero-order chi connectivity index (χ0) is 15.4. The molecule has 2 unspecified atom stereocenters. The maximum atomic E-state index is 13.6. The SMILES string of the molecule is CNC(c1ccc(C)cc1)C(C)Oc1cc(F)ccc1F. The summed E-state index contributed by atoms with van der Waals surface area (Å²) >= 11 is 0. The second kappa shape index (κ2) is 6.68. The maximum Gasteiger partial charge on any atom is 0.165 e. The van der Waals surface area contributed by atoms with E-state index in [9.17, 15) is 8.78 Å². The van der Waals surface area contributed by atoms with E-state index in [1.54, 1.807) is 0 Å². The van der Waals surface area contributed by atoms with Crippen LogP contribution in [0.3, 0.4) is 0 Å². The largest absolute Gasteiger partial charge is 0.486 e. The average Bonchev–Trinajstić information content (AvgIpc) is 2.46. The van der Waals surface area contributed by atoms with Gasteiger partial charge in [0.2, 0.25) is 0 Å². The second-order valence-electron chi connectivity index (χ2n) is 5.07. The molecule has 0 heterocycles. The van der Waals surface area contributed by atoms with Crippen molar-refractivity contribution in [2.45, 2.75) is 26.0 Å². The molecule has 0 aliphatic heterocycles. The molecule has 112 valence electrons. The lowest BCUT2D eigenvalue weighted by atomic mass is 10.0. The van der Waals surface area contributed by atoms with Gasteiger partial charge in [0, 0.05) is 6.07 Å². The lowest BCUT2D eigenvalue weighted by molar-refractivity contribution is 0.167. The summed E-state index contributed by atoms with van der Waals surface area (Å²) in [6.07, 6.45) is -0.353. The molecule has 0 amide bonds. The van der Waals surface area contributed by atoms with Gasteiger partial charge in [-0.2, -0.15) is 0 Å². The van der Waals surface area contributed by atoms with E-state index in [1.807, 2.05) is 45.2 Å². The third kappa shape index (κ3) is 3.79. The van der Waals surface area contributed by atoms with Gasteiger partial charge in [-0.05, 0) is 38.6 Å². The smallest absolute Gasteiger partial charge is 0.165 e. The maximum absolute atomic E-state index is 13.6. The molecule has 0 saturated carbocycles. The standard InChI is InChI=1S/C17H19F2NO/c1-11-4-6-13(7-5-11)17(20-3)12(2)21-16-10-14(18)8-9-15(16)19/h4-10,12,17,20H,1-3H3. The molecule has 0 aromatic heterocycles. The molecule has 2 atom stereocenters. The van der Waals surface area contributed by atoms with Gasteiger partial charge in [0.1, 0.15) is 11.9 Å². The fourth-order valence-electron chi connectivity index (χ4n) is 2.28. The van der Waals surface area contributed by atoms with Crippen molar-refractivity contribution in [2.75, 3.05) is 7.05 Å². The van der Waals surface area contributed by atoms with E-state index in [2.05, 4.69) is 5.32 Å². The van der Waals surface area contributed by atoms with Crippen LogP contribution in [-0.4, -0.2) is 13.2 Å². The Balaban J connectivity index is 2.18. The molecular weight excluding hydrogens is 272 g/mol. The fourth-order valence-corrected chi connectivity index (χ4v) is 2.28. The highest BCUT2D eigenvalue weighted by atomic mass is 19.1. The molecule has 21 heavy (non-hydrogen) atoms. The van der Waals surface area contributed by atoms with E-state index < -0.39 is 11.6 Å². The van der Waals surface area contributed by atoms with Crippen molar-refractivity contribution in [1.29, 1.82) is 0 Å². The van der Waals surface area contributed by atoms with Crippen molar-refractivity contribution in [2.24, 2.45) is 0 Å². The van der Waals surface area contributed by atoms with Gasteiger partial charge < -0.3 is 10.1 Å². The zero-order valence-electron chi connectivity index (χ0n) is 12.4. The minimum absolute atomic E-state index is 0.0742. The minimum atomic E-state index is -0.568. The van der Waals surface area contributed by atoms with Crippen LogP contribution in [0.2, 0.25) is 0 Å². The Hall–Kier alpha value is -1.94. The first kappa shape index (κ1) is 15.4. The van der Waals surface area contributed by atoms with Gasteiger partial charge in [0.25, 0.3) is 0 Å². The summed E-state index contributed by atoms with van der Waals surface area (Å²) < 4.78 is 32.4. The number of aryl methyl sites for hydroxylation is 1. The van der Waals surface area contributed by atoms with E-state index in [4.69, 9.17) is 4.74 Å². The van der Waals surface area contributed by atoms with Gasteiger partial charge >= 0.3 is 0 Å². The van der Waals surface area contributed by atoms with Gasteiger partial charge in [-0.1, -0.05) is 29.8 Å². The van der Waals surface area contributed by atoms with E-state index >= 15 is 0 Å². The van der Waals surface area contributed by atoms with Gasteiger partial charge in [0.15, 0.2) is 11.6 Å². The molecule has 0 radical (unpaired) electrons. The van der Waals surface area contributed by atoms with E-state index in [0.29, 0.717) is 0 Å². The Morgan fingerprint density at radius 2 is 1.71 bits per heavy atom. The van der Waals surface area contributed by atoms with E-state index in [1.165, 1.54) is 5.56 Å². The van der Waals surface area contributed by atoms with E-state index in [-0.39, 0.29) is 17.9 Å². The normalized spacial score (nSPS) is 13.8. The first-order chi connectivity index (χ1) is 10.0. The van der Waals surface area contributed by atoms with Crippen molar-refractivity contribution < 1.29 is 13.5 Å². The number of nitrogens with one attached hydrogen (secondary N) is 1. The number of benzene rings is 2. The summed E-state index contributed by atoms with van der Waals surface area (Å²) in [5.41, 5.74) is 2.20. The number of ether oxygens (including phenoxy) is 1. The summed E-state index contributed by atoms with van der Waals surface area (Å²) in [4.78, 5) is 0. The first-order valence-corrected chi connectivity index (χ1v) is 6.87. The molecular formula is C17H19F2NO. The number of hydrogen-bond donors (Lipinski definition) is 1. The Morgan fingerprint density at radius 1 is 1.05 bits per heavy atom. The Morgan fingerprint density at radius 3 is 2.33 bits per heavy atom. The third-order valence-corrected chi connectivity index (χ3v) is 3.42. The van der Waals surface area contributed by atoms with Gasteiger partial charge in [-0.15, -0.1) is 0 Å². The molecule has 0 fully saturated rings. The number of hydrogen-bond acceptors (Lipinski definition) is 2. The monoisotopic (exact) mass is 291 g/mol. The highest BCUT2D eigenvalue weighted by Crippen LogP contribution is 2.25. The molecule has 4 heteroatoms. The predicted octanol–water partition coefficient (Wildman–Crippen LogP) is 4.00. The molecule has 2 aromatic carbocycles. The summed E-state index contributed by atoms with van der Waals surface area (Å²) in [5.74, 6) is -1.16. The van der Waals surface area contributed by atoms with Gasteiger partial charge in [-0.25, -0.2) is 8.78 Å². The van der Waals surface area contributed by atoms with Crippen molar-refractivity contribution in [3.63, 3.8) is 0 Å². The first-order valence-electron chi connectivity index (χ1n) is 6.87. The van der Waals surface area contributed by atoms with Crippen molar-refractivity contribution >= 4 is 0 Å². The van der Waals surface area contributed by atoms with Crippen LogP contribution in [0.1, 0.15) is 24.1 Å². The minimum Gasteiger partial charge on any atom is -0.486 e. The number of halogens is 2. The Labute approximate surface area is 123 Å². The van der Waals surface area contributed by atoms with Crippen LogP contribution >= 0.6 is 0 Å². The topological polar surface area (TPSA) is 21.3 Å². The van der Waals surface area contributed by atoms with Crippen molar-refractivity contribution in [3.8, 4) is 5.75 Å². The second-order valence-corrected chi connectivity index (χ2v) is 5.07. The van der Waals surface area contributed by atoms with Crippen LogP contribution in [-0.2, 0) is 0 Å². The van der Waals surface area contributed by atoms with Crippen molar-refractivity contribution in [1.82, 2.24) is 5.32 Å². The lowest BCUT2D eigenvalue weighted by Crippen LogP contribution is -2.31. The van der Waals surface area contributed by atoms with Crippen LogP contribution in [0.5, 0.6) is 5.75 Å².